The molecule has 0 spiro atoms. The third kappa shape index (κ3) is 2.69. The number of aliphatic carboxylic acids is 1. The highest BCUT2D eigenvalue weighted by Crippen LogP contribution is 2.24. The number of hydrogen-bond acceptors (Lipinski definition) is 4. The minimum atomic E-state index is -1.00. The number of hydrogen-bond donors (Lipinski definition) is 1. The number of carbonyl (C=O) groups excluding carboxylic acids is 1. The topological polar surface area (TPSA) is 83.6 Å². The van der Waals surface area contributed by atoms with Gasteiger partial charge in [0, 0.05) is 12.1 Å². The third-order valence-corrected chi connectivity index (χ3v) is 3.18. The summed E-state index contributed by atoms with van der Waals surface area (Å²) in [5.41, 5.74) is 0.181. The van der Waals surface area contributed by atoms with Gasteiger partial charge in [-0.25, -0.2) is 0 Å². The zero-order chi connectivity index (χ0) is 13.1. The predicted octanol–water partition coefficient (Wildman–Crippen LogP) is 1.45. The van der Waals surface area contributed by atoms with Gasteiger partial charge in [0.25, 0.3) is 5.91 Å². The highest BCUT2D eigenvalue weighted by Gasteiger charge is 2.30. The van der Waals surface area contributed by atoms with Crippen LogP contribution in [0.1, 0.15) is 41.9 Å². The van der Waals surface area contributed by atoms with Crippen molar-refractivity contribution < 1.29 is 19.2 Å². The van der Waals surface area contributed by atoms with Crippen molar-refractivity contribution >= 4 is 11.9 Å². The van der Waals surface area contributed by atoms with E-state index >= 15 is 0 Å². The Labute approximate surface area is 105 Å². The maximum Gasteiger partial charge on any atom is 0.323 e. The summed E-state index contributed by atoms with van der Waals surface area (Å²) in [7, 11) is 0. The molecule has 1 aliphatic carbocycles. The predicted molar refractivity (Wildman–Crippen MR) is 62.2 cm³/mol. The van der Waals surface area contributed by atoms with Gasteiger partial charge in [-0.1, -0.05) is 18.0 Å². The quantitative estimate of drug-likeness (QED) is 0.876. The zero-order valence-electron chi connectivity index (χ0n) is 10.3. The highest BCUT2D eigenvalue weighted by atomic mass is 16.5. The molecule has 2 rings (SSSR count). The summed E-state index contributed by atoms with van der Waals surface area (Å²) >= 11 is 0. The lowest BCUT2D eigenvalue weighted by Crippen LogP contribution is -2.42. The van der Waals surface area contributed by atoms with E-state index in [0.29, 0.717) is 5.76 Å². The molecule has 0 atom stereocenters. The Bertz CT molecular complexity index is 449. The maximum absolute atomic E-state index is 12.2. The van der Waals surface area contributed by atoms with Crippen molar-refractivity contribution in [2.75, 3.05) is 6.54 Å². The van der Waals surface area contributed by atoms with Crippen molar-refractivity contribution in [1.29, 1.82) is 0 Å². The van der Waals surface area contributed by atoms with E-state index in [1.54, 1.807) is 6.92 Å². The normalized spacial score (nSPS) is 15.8. The van der Waals surface area contributed by atoms with Crippen molar-refractivity contribution in [2.24, 2.45) is 0 Å². The fraction of sp³-hybridized carbons (Fsp3) is 0.583. The van der Waals surface area contributed by atoms with Gasteiger partial charge >= 0.3 is 5.97 Å². The summed E-state index contributed by atoms with van der Waals surface area (Å²) < 4.78 is 4.86. The molecule has 0 saturated heterocycles. The van der Waals surface area contributed by atoms with Crippen LogP contribution in [0.4, 0.5) is 0 Å². The van der Waals surface area contributed by atoms with Gasteiger partial charge in [0.2, 0.25) is 0 Å². The number of amides is 1. The standard InChI is InChI=1S/C12H16N2O4/c1-8-6-10(13-18-8)12(17)14(7-11(15)16)9-4-2-3-5-9/h6,9H,2-5,7H2,1H3,(H,15,16). The Kier molecular flexibility index (Phi) is 3.64. The summed E-state index contributed by atoms with van der Waals surface area (Å²) in [4.78, 5) is 24.5. The molecule has 6 nitrogen and oxygen atoms in total. The molecule has 1 aromatic rings. The van der Waals surface area contributed by atoms with Gasteiger partial charge in [-0.2, -0.15) is 0 Å². The largest absolute Gasteiger partial charge is 0.480 e. The van der Waals surface area contributed by atoms with E-state index in [2.05, 4.69) is 5.16 Å². The van der Waals surface area contributed by atoms with E-state index in [9.17, 15) is 9.59 Å². The molecule has 98 valence electrons. The first-order valence-electron chi connectivity index (χ1n) is 6.04. The molecule has 1 amide bonds. The van der Waals surface area contributed by atoms with Crippen LogP contribution in [0.15, 0.2) is 10.6 Å². The first kappa shape index (κ1) is 12.6. The lowest BCUT2D eigenvalue weighted by Gasteiger charge is -2.26. The van der Waals surface area contributed by atoms with Crippen molar-refractivity contribution in [3.05, 3.63) is 17.5 Å². The number of aromatic nitrogens is 1. The number of carboxylic acids is 1. The second-order valence-corrected chi connectivity index (χ2v) is 4.59. The van der Waals surface area contributed by atoms with E-state index in [0.717, 1.165) is 25.7 Å². The highest BCUT2D eigenvalue weighted by molar-refractivity contribution is 5.94. The lowest BCUT2D eigenvalue weighted by atomic mass is 10.2. The van der Waals surface area contributed by atoms with Gasteiger partial charge < -0.3 is 14.5 Å². The fourth-order valence-electron chi connectivity index (χ4n) is 2.34. The lowest BCUT2D eigenvalue weighted by molar-refractivity contribution is -0.138. The third-order valence-electron chi connectivity index (χ3n) is 3.18. The van der Waals surface area contributed by atoms with Gasteiger partial charge in [-0.3, -0.25) is 9.59 Å². The number of carbonyl (C=O) groups is 2. The molecule has 1 N–H and O–H groups in total. The molecule has 0 bridgehead atoms. The monoisotopic (exact) mass is 252 g/mol. The van der Waals surface area contributed by atoms with E-state index < -0.39 is 5.97 Å². The summed E-state index contributed by atoms with van der Waals surface area (Å²) in [6, 6.07) is 1.54. The van der Waals surface area contributed by atoms with Crippen molar-refractivity contribution in [2.45, 2.75) is 38.6 Å². The Morgan fingerprint density at radius 1 is 1.50 bits per heavy atom. The van der Waals surface area contributed by atoms with Crippen LogP contribution >= 0.6 is 0 Å². The van der Waals surface area contributed by atoms with E-state index in [-0.39, 0.29) is 24.2 Å². The molecule has 0 unspecified atom stereocenters. The van der Waals surface area contributed by atoms with E-state index in [1.165, 1.54) is 11.0 Å². The van der Waals surface area contributed by atoms with Crippen LogP contribution in [0.5, 0.6) is 0 Å². The van der Waals surface area contributed by atoms with Crippen LogP contribution in [0, 0.1) is 6.92 Å². The summed E-state index contributed by atoms with van der Waals surface area (Å²) in [6.45, 7) is 1.41. The van der Waals surface area contributed by atoms with E-state index in [4.69, 9.17) is 9.63 Å². The molecule has 0 aromatic carbocycles. The molecule has 0 radical (unpaired) electrons. The maximum atomic E-state index is 12.2. The molecule has 1 aromatic heterocycles. The molecule has 1 saturated carbocycles. The first-order valence-corrected chi connectivity index (χ1v) is 6.04. The summed E-state index contributed by atoms with van der Waals surface area (Å²) in [5, 5.41) is 12.6. The summed E-state index contributed by atoms with van der Waals surface area (Å²) in [6.07, 6.45) is 3.78. The van der Waals surface area contributed by atoms with Crippen molar-refractivity contribution in [1.82, 2.24) is 10.1 Å². The zero-order valence-corrected chi connectivity index (χ0v) is 10.3. The van der Waals surface area contributed by atoms with Crippen LogP contribution in [0.2, 0.25) is 0 Å². The van der Waals surface area contributed by atoms with Crippen molar-refractivity contribution in [3.63, 3.8) is 0 Å². The fourth-order valence-corrected chi connectivity index (χ4v) is 2.34. The Morgan fingerprint density at radius 3 is 2.67 bits per heavy atom. The Hall–Kier alpha value is -1.85. The average molecular weight is 252 g/mol. The van der Waals surface area contributed by atoms with Crippen LogP contribution in [0.25, 0.3) is 0 Å². The number of aryl methyl sites for hydroxylation is 1. The minimum absolute atomic E-state index is 0.00519. The van der Waals surface area contributed by atoms with Gasteiger partial charge in [0.1, 0.15) is 12.3 Å². The number of rotatable bonds is 4. The van der Waals surface area contributed by atoms with Gasteiger partial charge in [0.05, 0.1) is 0 Å². The molecular weight excluding hydrogens is 236 g/mol. The molecular formula is C12H16N2O4. The van der Waals surface area contributed by atoms with E-state index in [1.807, 2.05) is 0 Å². The smallest absolute Gasteiger partial charge is 0.323 e. The molecule has 0 aliphatic heterocycles. The van der Waals surface area contributed by atoms with Gasteiger partial charge in [-0.15, -0.1) is 0 Å². The van der Waals surface area contributed by atoms with Crippen LogP contribution in [0.3, 0.4) is 0 Å². The summed E-state index contributed by atoms with van der Waals surface area (Å²) in [5.74, 6) is -0.823. The van der Waals surface area contributed by atoms with Crippen molar-refractivity contribution in [3.8, 4) is 0 Å². The van der Waals surface area contributed by atoms with Crippen LogP contribution < -0.4 is 0 Å². The van der Waals surface area contributed by atoms with Crippen LogP contribution in [-0.4, -0.2) is 39.6 Å². The number of carboxylic acid groups (broad SMARTS) is 1. The average Bonchev–Trinajstić information content (AvgIpc) is 2.95. The molecule has 1 fully saturated rings. The molecule has 6 heteroatoms. The Balaban J connectivity index is 2.17. The van der Waals surface area contributed by atoms with Gasteiger partial charge in [0.15, 0.2) is 5.69 Å². The SMILES string of the molecule is Cc1cc(C(=O)N(CC(=O)O)C2CCCC2)no1. The van der Waals surface area contributed by atoms with Crippen LogP contribution in [-0.2, 0) is 4.79 Å². The molecule has 1 aliphatic rings. The molecule has 18 heavy (non-hydrogen) atoms. The second-order valence-electron chi connectivity index (χ2n) is 4.59. The minimum Gasteiger partial charge on any atom is -0.480 e. The van der Waals surface area contributed by atoms with Gasteiger partial charge in [-0.05, 0) is 19.8 Å². The molecule has 1 heterocycles. The second kappa shape index (κ2) is 5.20. The first-order chi connectivity index (χ1) is 8.58. The Morgan fingerprint density at radius 2 is 2.17 bits per heavy atom. The number of nitrogens with zero attached hydrogens (tertiary/aromatic N) is 2.